The molecule has 1 unspecified atom stereocenters. The van der Waals surface area contributed by atoms with Crippen molar-refractivity contribution >= 4 is 11.3 Å². The average molecular weight is 184 g/mol. The van der Waals surface area contributed by atoms with Crippen LogP contribution in [-0.2, 0) is 6.42 Å². The number of rotatable bonds is 4. The van der Waals surface area contributed by atoms with Crippen LogP contribution in [0, 0.1) is 6.92 Å². The van der Waals surface area contributed by atoms with E-state index in [4.69, 9.17) is 5.73 Å². The Kier molecular flexibility index (Phi) is 3.69. The lowest BCUT2D eigenvalue weighted by atomic mass is 10.1. The Balaban J connectivity index is 2.41. The van der Waals surface area contributed by atoms with Gasteiger partial charge in [-0.15, -0.1) is 11.3 Å². The highest BCUT2D eigenvalue weighted by Gasteiger charge is 2.04. The molecule has 0 radical (unpaired) electrons. The van der Waals surface area contributed by atoms with Crippen LogP contribution in [0.1, 0.15) is 30.5 Å². The number of aryl methyl sites for hydroxylation is 1. The van der Waals surface area contributed by atoms with Gasteiger partial charge in [0, 0.05) is 17.8 Å². The van der Waals surface area contributed by atoms with Gasteiger partial charge in [-0.1, -0.05) is 13.3 Å². The van der Waals surface area contributed by atoms with E-state index >= 15 is 0 Å². The zero-order valence-corrected chi connectivity index (χ0v) is 8.53. The fourth-order valence-electron chi connectivity index (χ4n) is 1.24. The minimum atomic E-state index is 0.288. The highest BCUT2D eigenvalue weighted by molar-refractivity contribution is 7.09. The van der Waals surface area contributed by atoms with Crippen LogP contribution in [0.5, 0.6) is 0 Å². The Morgan fingerprint density at radius 2 is 2.42 bits per heavy atom. The highest BCUT2D eigenvalue weighted by Crippen LogP contribution is 2.10. The zero-order valence-electron chi connectivity index (χ0n) is 7.71. The van der Waals surface area contributed by atoms with Crippen LogP contribution in [0.2, 0.25) is 0 Å². The summed E-state index contributed by atoms with van der Waals surface area (Å²) in [6.07, 6.45) is 3.18. The van der Waals surface area contributed by atoms with Crippen molar-refractivity contribution < 1.29 is 0 Å². The topological polar surface area (TPSA) is 38.9 Å². The van der Waals surface area contributed by atoms with Gasteiger partial charge in [0.1, 0.15) is 0 Å². The Hall–Kier alpha value is -0.410. The first-order valence-electron chi connectivity index (χ1n) is 4.39. The maximum absolute atomic E-state index is 5.89. The first kappa shape index (κ1) is 9.68. The quantitative estimate of drug-likeness (QED) is 0.778. The molecule has 0 aliphatic rings. The van der Waals surface area contributed by atoms with Crippen LogP contribution < -0.4 is 5.73 Å². The van der Waals surface area contributed by atoms with Crippen molar-refractivity contribution in [3.63, 3.8) is 0 Å². The van der Waals surface area contributed by atoms with E-state index in [-0.39, 0.29) is 6.04 Å². The van der Waals surface area contributed by atoms with Gasteiger partial charge < -0.3 is 5.73 Å². The zero-order chi connectivity index (χ0) is 8.97. The predicted octanol–water partition coefficient (Wildman–Crippen LogP) is 2.12. The van der Waals surface area contributed by atoms with E-state index in [1.807, 2.05) is 6.92 Å². The molecule has 1 aromatic rings. The summed E-state index contributed by atoms with van der Waals surface area (Å²) in [6, 6.07) is 0.288. The summed E-state index contributed by atoms with van der Waals surface area (Å²) in [5.41, 5.74) is 7.04. The molecule has 68 valence electrons. The van der Waals surface area contributed by atoms with Crippen molar-refractivity contribution in [3.05, 3.63) is 16.1 Å². The lowest BCUT2D eigenvalue weighted by Gasteiger charge is -2.06. The minimum Gasteiger partial charge on any atom is -0.327 e. The van der Waals surface area contributed by atoms with Crippen LogP contribution in [0.25, 0.3) is 0 Å². The van der Waals surface area contributed by atoms with Crippen LogP contribution in [0.3, 0.4) is 0 Å². The molecular formula is C9H16N2S. The molecule has 0 aliphatic carbocycles. The monoisotopic (exact) mass is 184 g/mol. The average Bonchev–Trinajstić information content (AvgIpc) is 2.36. The number of thiazole rings is 1. The number of aromatic nitrogens is 1. The van der Waals surface area contributed by atoms with Gasteiger partial charge in [-0.3, -0.25) is 0 Å². The normalized spacial score (nSPS) is 13.2. The summed E-state index contributed by atoms with van der Waals surface area (Å²) < 4.78 is 0. The van der Waals surface area contributed by atoms with E-state index in [0.29, 0.717) is 0 Å². The molecule has 0 amide bonds. The van der Waals surface area contributed by atoms with E-state index in [1.54, 1.807) is 11.3 Å². The molecule has 0 saturated carbocycles. The maximum Gasteiger partial charge on any atom is 0.0897 e. The van der Waals surface area contributed by atoms with Crippen molar-refractivity contribution in [1.82, 2.24) is 4.98 Å². The van der Waals surface area contributed by atoms with Crippen LogP contribution in [-0.4, -0.2) is 11.0 Å². The lowest BCUT2D eigenvalue weighted by molar-refractivity contribution is 0.594. The molecule has 2 N–H and O–H groups in total. The molecule has 0 bridgehead atoms. The van der Waals surface area contributed by atoms with Gasteiger partial charge in [-0.05, 0) is 13.3 Å². The van der Waals surface area contributed by atoms with Crippen molar-refractivity contribution in [3.8, 4) is 0 Å². The van der Waals surface area contributed by atoms with Crippen molar-refractivity contribution in [1.29, 1.82) is 0 Å². The molecule has 12 heavy (non-hydrogen) atoms. The fraction of sp³-hybridized carbons (Fsp3) is 0.667. The molecule has 1 atom stereocenters. The van der Waals surface area contributed by atoms with Crippen LogP contribution in [0.4, 0.5) is 0 Å². The van der Waals surface area contributed by atoms with Crippen LogP contribution >= 0.6 is 11.3 Å². The van der Waals surface area contributed by atoms with Gasteiger partial charge >= 0.3 is 0 Å². The summed E-state index contributed by atoms with van der Waals surface area (Å²) in [7, 11) is 0. The third-order valence-corrected chi connectivity index (χ3v) is 2.62. The van der Waals surface area contributed by atoms with Crippen molar-refractivity contribution in [2.75, 3.05) is 0 Å². The fourth-order valence-corrected chi connectivity index (χ4v) is 1.87. The Morgan fingerprint density at radius 3 is 2.92 bits per heavy atom. The number of nitrogens with two attached hydrogens (primary N) is 1. The number of hydrogen-bond donors (Lipinski definition) is 1. The van der Waals surface area contributed by atoms with Crippen molar-refractivity contribution in [2.45, 2.75) is 39.2 Å². The van der Waals surface area contributed by atoms with Gasteiger partial charge in [0.25, 0.3) is 0 Å². The van der Waals surface area contributed by atoms with Gasteiger partial charge in [0.2, 0.25) is 0 Å². The second-order valence-corrected chi connectivity index (χ2v) is 4.17. The molecule has 0 spiro atoms. The number of hydrogen-bond acceptors (Lipinski definition) is 3. The molecule has 1 heterocycles. The SMILES string of the molecule is CCCC(N)Cc1csc(C)n1. The van der Waals surface area contributed by atoms with E-state index in [1.165, 1.54) is 0 Å². The summed E-state index contributed by atoms with van der Waals surface area (Å²) in [6.45, 7) is 4.19. The second kappa shape index (κ2) is 4.58. The summed E-state index contributed by atoms with van der Waals surface area (Å²) in [5, 5.41) is 3.24. The van der Waals surface area contributed by atoms with Gasteiger partial charge in [-0.2, -0.15) is 0 Å². The molecular weight excluding hydrogens is 168 g/mol. The molecule has 3 heteroatoms. The van der Waals surface area contributed by atoms with E-state index in [9.17, 15) is 0 Å². The van der Waals surface area contributed by atoms with E-state index in [0.717, 1.165) is 30.0 Å². The standard InChI is InChI=1S/C9H16N2S/c1-3-4-8(10)5-9-6-12-7(2)11-9/h6,8H,3-5,10H2,1-2H3. The van der Waals surface area contributed by atoms with Gasteiger partial charge in [0.05, 0.1) is 10.7 Å². The van der Waals surface area contributed by atoms with Gasteiger partial charge in [-0.25, -0.2) is 4.98 Å². The molecule has 0 saturated heterocycles. The minimum absolute atomic E-state index is 0.288. The van der Waals surface area contributed by atoms with Crippen LogP contribution in [0.15, 0.2) is 5.38 Å². The largest absolute Gasteiger partial charge is 0.327 e. The third-order valence-electron chi connectivity index (χ3n) is 1.80. The predicted molar refractivity (Wildman–Crippen MR) is 53.4 cm³/mol. The van der Waals surface area contributed by atoms with E-state index in [2.05, 4.69) is 17.3 Å². The maximum atomic E-state index is 5.89. The first-order chi connectivity index (χ1) is 5.72. The lowest BCUT2D eigenvalue weighted by Crippen LogP contribution is -2.22. The second-order valence-electron chi connectivity index (χ2n) is 3.11. The summed E-state index contributed by atoms with van der Waals surface area (Å²) >= 11 is 1.70. The molecule has 1 aromatic heterocycles. The Morgan fingerprint density at radius 1 is 1.67 bits per heavy atom. The molecule has 0 aromatic carbocycles. The van der Waals surface area contributed by atoms with Crippen molar-refractivity contribution in [2.24, 2.45) is 5.73 Å². The number of nitrogens with zero attached hydrogens (tertiary/aromatic N) is 1. The Bertz CT molecular complexity index is 232. The molecule has 1 rings (SSSR count). The molecule has 2 nitrogen and oxygen atoms in total. The van der Waals surface area contributed by atoms with Gasteiger partial charge in [0.15, 0.2) is 0 Å². The highest BCUT2D eigenvalue weighted by atomic mass is 32.1. The Labute approximate surface area is 77.8 Å². The first-order valence-corrected chi connectivity index (χ1v) is 5.27. The third kappa shape index (κ3) is 2.91. The summed E-state index contributed by atoms with van der Waals surface area (Å²) in [4.78, 5) is 4.37. The molecule has 0 fully saturated rings. The molecule has 0 aliphatic heterocycles. The van der Waals surface area contributed by atoms with E-state index < -0.39 is 0 Å². The summed E-state index contributed by atoms with van der Waals surface area (Å²) in [5.74, 6) is 0. The smallest absolute Gasteiger partial charge is 0.0897 e.